The van der Waals surface area contributed by atoms with Gasteiger partial charge in [0.1, 0.15) is 0 Å². The quantitative estimate of drug-likeness (QED) is 0.836. The molecule has 2 aromatic rings. The highest BCUT2D eigenvalue weighted by atomic mass is 16.2. The molecule has 1 N–H and O–H groups in total. The predicted molar refractivity (Wildman–Crippen MR) is 70.4 cm³/mol. The standard InChI is InChI=1S/C12H16N6O/c1-17(8-10-6-15-16-7-10)11(19)9-18(2)12-13-4-3-5-14-12/h3-7H,8-9H2,1-2H3,(H,15,16). The number of likely N-dealkylation sites (N-methyl/N-ethyl adjacent to an activating group) is 2. The van der Waals surface area contributed by atoms with Gasteiger partial charge in [0.05, 0.1) is 12.7 Å². The fourth-order valence-electron chi connectivity index (χ4n) is 1.61. The minimum atomic E-state index is -0.00356. The number of carbonyl (C=O) groups is 1. The van der Waals surface area contributed by atoms with Gasteiger partial charge >= 0.3 is 0 Å². The summed E-state index contributed by atoms with van der Waals surface area (Å²) in [4.78, 5) is 23.6. The van der Waals surface area contributed by atoms with Crippen molar-refractivity contribution in [3.05, 3.63) is 36.4 Å². The molecule has 19 heavy (non-hydrogen) atoms. The lowest BCUT2D eigenvalue weighted by Gasteiger charge is -2.21. The van der Waals surface area contributed by atoms with E-state index in [1.165, 1.54) is 0 Å². The van der Waals surface area contributed by atoms with E-state index in [2.05, 4.69) is 20.2 Å². The van der Waals surface area contributed by atoms with E-state index in [1.54, 1.807) is 54.7 Å². The van der Waals surface area contributed by atoms with Gasteiger partial charge in [0.25, 0.3) is 0 Å². The Morgan fingerprint density at radius 1 is 1.32 bits per heavy atom. The molecule has 0 atom stereocenters. The van der Waals surface area contributed by atoms with Crippen LogP contribution in [0.15, 0.2) is 30.9 Å². The summed E-state index contributed by atoms with van der Waals surface area (Å²) in [6.45, 7) is 0.761. The van der Waals surface area contributed by atoms with Gasteiger partial charge in [-0.2, -0.15) is 5.10 Å². The first-order valence-corrected chi connectivity index (χ1v) is 5.86. The molecule has 2 aromatic heterocycles. The minimum Gasteiger partial charge on any atom is -0.340 e. The lowest BCUT2D eigenvalue weighted by Crippen LogP contribution is -2.36. The van der Waals surface area contributed by atoms with Crippen molar-refractivity contribution < 1.29 is 4.79 Å². The third-order valence-electron chi connectivity index (χ3n) is 2.67. The number of amides is 1. The van der Waals surface area contributed by atoms with E-state index in [-0.39, 0.29) is 12.5 Å². The third-order valence-corrected chi connectivity index (χ3v) is 2.67. The Kier molecular flexibility index (Phi) is 4.07. The molecule has 7 heteroatoms. The second kappa shape index (κ2) is 5.94. The topological polar surface area (TPSA) is 78.0 Å². The second-order valence-corrected chi connectivity index (χ2v) is 4.26. The maximum absolute atomic E-state index is 12.1. The number of carbonyl (C=O) groups excluding carboxylic acids is 1. The van der Waals surface area contributed by atoms with E-state index in [0.29, 0.717) is 12.5 Å². The molecule has 0 fully saturated rings. The summed E-state index contributed by atoms with van der Waals surface area (Å²) in [6, 6.07) is 1.74. The number of nitrogens with one attached hydrogen (secondary N) is 1. The van der Waals surface area contributed by atoms with Crippen LogP contribution < -0.4 is 4.90 Å². The molecule has 2 heterocycles. The average Bonchev–Trinajstić information content (AvgIpc) is 2.92. The molecular weight excluding hydrogens is 244 g/mol. The van der Waals surface area contributed by atoms with E-state index in [4.69, 9.17) is 0 Å². The van der Waals surface area contributed by atoms with Crippen molar-refractivity contribution in [2.24, 2.45) is 0 Å². The number of aromatic nitrogens is 4. The van der Waals surface area contributed by atoms with Crippen molar-refractivity contribution in [1.82, 2.24) is 25.1 Å². The fraction of sp³-hybridized carbons (Fsp3) is 0.333. The lowest BCUT2D eigenvalue weighted by atomic mass is 10.3. The molecule has 1 amide bonds. The number of anilines is 1. The van der Waals surface area contributed by atoms with E-state index >= 15 is 0 Å². The monoisotopic (exact) mass is 260 g/mol. The van der Waals surface area contributed by atoms with Crippen molar-refractivity contribution in [1.29, 1.82) is 0 Å². The molecule has 0 saturated carbocycles. The maximum Gasteiger partial charge on any atom is 0.242 e. The van der Waals surface area contributed by atoms with E-state index < -0.39 is 0 Å². The van der Waals surface area contributed by atoms with Crippen molar-refractivity contribution in [2.45, 2.75) is 6.54 Å². The van der Waals surface area contributed by atoms with Gasteiger partial charge in [-0.05, 0) is 6.07 Å². The highest BCUT2D eigenvalue weighted by Gasteiger charge is 2.14. The molecule has 7 nitrogen and oxygen atoms in total. The molecule has 0 aliphatic heterocycles. The molecule has 0 aromatic carbocycles. The van der Waals surface area contributed by atoms with E-state index in [9.17, 15) is 4.79 Å². The maximum atomic E-state index is 12.1. The summed E-state index contributed by atoms with van der Waals surface area (Å²) in [5, 5.41) is 6.57. The van der Waals surface area contributed by atoms with E-state index in [1.807, 2.05) is 0 Å². The molecule has 0 aliphatic rings. The highest BCUT2D eigenvalue weighted by molar-refractivity contribution is 5.80. The van der Waals surface area contributed by atoms with Crippen LogP contribution in [-0.4, -0.2) is 51.6 Å². The van der Waals surface area contributed by atoms with Crippen molar-refractivity contribution in [2.75, 3.05) is 25.5 Å². The largest absolute Gasteiger partial charge is 0.340 e. The first-order valence-electron chi connectivity index (χ1n) is 5.86. The van der Waals surface area contributed by atoms with Gasteiger partial charge in [0.2, 0.25) is 11.9 Å². The van der Waals surface area contributed by atoms with Crippen LogP contribution in [0.5, 0.6) is 0 Å². The molecule has 0 aliphatic carbocycles. The fourth-order valence-corrected chi connectivity index (χ4v) is 1.61. The number of hydrogen-bond acceptors (Lipinski definition) is 5. The summed E-state index contributed by atoms with van der Waals surface area (Å²) >= 11 is 0. The SMILES string of the molecule is CN(Cc1cn[nH]c1)C(=O)CN(C)c1ncccn1. The predicted octanol–water partition coefficient (Wildman–Crippen LogP) is 0.294. The zero-order chi connectivity index (χ0) is 13.7. The summed E-state index contributed by atoms with van der Waals surface area (Å²) < 4.78 is 0. The summed E-state index contributed by atoms with van der Waals surface area (Å²) in [6.07, 6.45) is 6.78. The number of aromatic amines is 1. The first-order chi connectivity index (χ1) is 9.16. The lowest BCUT2D eigenvalue weighted by molar-refractivity contribution is -0.128. The zero-order valence-corrected chi connectivity index (χ0v) is 10.9. The van der Waals surface area contributed by atoms with Crippen LogP contribution in [-0.2, 0) is 11.3 Å². The van der Waals surface area contributed by atoms with Gasteiger partial charge in [-0.25, -0.2) is 9.97 Å². The Morgan fingerprint density at radius 3 is 2.68 bits per heavy atom. The van der Waals surface area contributed by atoms with Gasteiger partial charge in [0.15, 0.2) is 0 Å². The second-order valence-electron chi connectivity index (χ2n) is 4.26. The molecule has 0 radical (unpaired) electrons. The molecule has 100 valence electrons. The van der Waals surface area contributed by atoms with Gasteiger partial charge in [0, 0.05) is 44.8 Å². The Balaban J connectivity index is 1.90. The third kappa shape index (κ3) is 3.51. The van der Waals surface area contributed by atoms with Crippen LogP contribution in [0.2, 0.25) is 0 Å². The zero-order valence-electron chi connectivity index (χ0n) is 10.9. The number of H-pyrrole nitrogens is 1. The van der Waals surface area contributed by atoms with Crippen LogP contribution in [0.3, 0.4) is 0 Å². The summed E-state index contributed by atoms with van der Waals surface area (Å²) in [5.74, 6) is 0.531. The normalized spacial score (nSPS) is 10.2. The van der Waals surface area contributed by atoms with Crippen LogP contribution in [0.1, 0.15) is 5.56 Å². The Labute approximate surface area is 111 Å². The van der Waals surface area contributed by atoms with Crippen LogP contribution in [0.25, 0.3) is 0 Å². The molecule has 0 unspecified atom stereocenters. The highest BCUT2D eigenvalue weighted by Crippen LogP contribution is 2.04. The van der Waals surface area contributed by atoms with Gasteiger partial charge in [-0.3, -0.25) is 9.89 Å². The molecule has 0 saturated heterocycles. The smallest absolute Gasteiger partial charge is 0.242 e. The molecule has 0 spiro atoms. The van der Waals surface area contributed by atoms with Gasteiger partial charge in [-0.1, -0.05) is 0 Å². The number of hydrogen-bond donors (Lipinski definition) is 1. The van der Waals surface area contributed by atoms with Crippen LogP contribution in [0, 0.1) is 0 Å². The van der Waals surface area contributed by atoms with Crippen LogP contribution in [0.4, 0.5) is 5.95 Å². The van der Waals surface area contributed by atoms with Crippen molar-refractivity contribution in [3.8, 4) is 0 Å². The summed E-state index contributed by atoms with van der Waals surface area (Å²) in [5.41, 5.74) is 0.967. The molecular formula is C12H16N6O. The minimum absolute atomic E-state index is 0.00356. The molecule has 0 bridgehead atoms. The van der Waals surface area contributed by atoms with Crippen molar-refractivity contribution >= 4 is 11.9 Å². The van der Waals surface area contributed by atoms with Gasteiger partial charge in [-0.15, -0.1) is 0 Å². The average molecular weight is 260 g/mol. The Hall–Kier alpha value is -2.44. The Bertz CT molecular complexity index is 512. The number of rotatable bonds is 5. The number of nitrogens with zero attached hydrogens (tertiary/aromatic N) is 5. The van der Waals surface area contributed by atoms with Gasteiger partial charge < -0.3 is 9.80 Å². The van der Waals surface area contributed by atoms with Crippen LogP contribution >= 0.6 is 0 Å². The van der Waals surface area contributed by atoms with Crippen molar-refractivity contribution in [3.63, 3.8) is 0 Å². The summed E-state index contributed by atoms with van der Waals surface area (Å²) in [7, 11) is 3.55. The van der Waals surface area contributed by atoms with E-state index in [0.717, 1.165) is 5.56 Å². The molecule has 2 rings (SSSR count). The first kappa shape index (κ1) is 13.0. The Morgan fingerprint density at radius 2 is 2.05 bits per heavy atom.